The molecule has 1 fully saturated rings. The molecule has 1 atom stereocenters. The second-order valence-corrected chi connectivity index (χ2v) is 4.22. The molecule has 0 amide bonds. The maximum absolute atomic E-state index is 11.1. The smallest absolute Gasteiger partial charge is 0.323 e. The summed E-state index contributed by atoms with van der Waals surface area (Å²) in [6.07, 6.45) is 3.40. The molecule has 1 saturated carbocycles. The number of carboxylic acids is 2. The summed E-state index contributed by atoms with van der Waals surface area (Å²) in [5, 5.41) is 17.6. The minimum absolute atomic E-state index is 0.0162. The summed E-state index contributed by atoms with van der Waals surface area (Å²) in [5.74, 6) is -2.14. The number of carboxylic acid groups (broad SMARTS) is 2. The summed E-state index contributed by atoms with van der Waals surface area (Å²) < 4.78 is 0. The Bertz CT molecular complexity index is 260. The largest absolute Gasteiger partial charge is 0.481 e. The third-order valence-electron chi connectivity index (χ3n) is 3.23. The van der Waals surface area contributed by atoms with Crippen LogP contribution < -0.4 is 5.73 Å². The van der Waals surface area contributed by atoms with Gasteiger partial charge in [-0.1, -0.05) is 12.8 Å². The highest BCUT2D eigenvalue weighted by Gasteiger charge is 2.43. The Morgan fingerprint density at radius 3 is 2.20 bits per heavy atom. The summed E-state index contributed by atoms with van der Waals surface area (Å²) in [6.45, 7) is 0. The van der Waals surface area contributed by atoms with Gasteiger partial charge in [0.2, 0.25) is 0 Å². The van der Waals surface area contributed by atoms with Gasteiger partial charge in [-0.25, -0.2) is 0 Å². The third-order valence-corrected chi connectivity index (χ3v) is 3.23. The summed E-state index contributed by atoms with van der Waals surface area (Å²) in [7, 11) is 0. The zero-order chi connectivity index (χ0) is 11.5. The van der Waals surface area contributed by atoms with Gasteiger partial charge in [-0.2, -0.15) is 0 Å². The van der Waals surface area contributed by atoms with Crippen LogP contribution in [0.1, 0.15) is 38.5 Å². The molecular weight excluding hydrogens is 198 g/mol. The first kappa shape index (κ1) is 12.0. The van der Waals surface area contributed by atoms with E-state index >= 15 is 0 Å². The molecule has 1 aliphatic rings. The fourth-order valence-electron chi connectivity index (χ4n) is 2.24. The summed E-state index contributed by atoms with van der Waals surface area (Å²) in [5.41, 5.74) is 4.48. The Balaban J connectivity index is 2.68. The lowest BCUT2D eigenvalue weighted by atomic mass is 9.80. The molecule has 15 heavy (non-hydrogen) atoms. The topological polar surface area (TPSA) is 101 Å². The van der Waals surface area contributed by atoms with Crippen LogP contribution in [0.15, 0.2) is 0 Å². The van der Waals surface area contributed by atoms with Crippen LogP contribution in [-0.2, 0) is 9.59 Å². The van der Waals surface area contributed by atoms with Crippen molar-refractivity contribution in [2.24, 2.45) is 11.7 Å². The van der Waals surface area contributed by atoms with Gasteiger partial charge in [0, 0.05) is 6.42 Å². The van der Waals surface area contributed by atoms with Gasteiger partial charge in [0.15, 0.2) is 0 Å². The van der Waals surface area contributed by atoms with Crippen LogP contribution in [0.4, 0.5) is 0 Å². The van der Waals surface area contributed by atoms with Gasteiger partial charge in [-0.3, -0.25) is 9.59 Å². The molecule has 0 radical (unpaired) electrons. The number of hydrogen-bond acceptors (Lipinski definition) is 3. The maximum Gasteiger partial charge on any atom is 0.323 e. The Labute approximate surface area is 88.3 Å². The van der Waals surface area contributed by atoms with Crippen molar-refractivity contribution >= 4 is 11.9 Å². The number of nitrogens with two attached hydrogens (primary N) is 1. The van der Waals surface area contributed by atoms with E-state index in [1.807, 2.05) is 0 Å². The van der Waals surface area contributed by atoms with Gasteiger partial charge in [0.25, 0.3) is 0 Å². The highest BCUT2D eigenvalue weighted by molar-refractivity contribution is 5.80. The molecule has 0 aliphatic heterocycles. The lowest BCUT2D eigenvalue weighted by Crippen LogP contribution is -2.53. The molecule has 0 aromatic rings. The fourth-order valence-corrected chi connectivity index (χ4v) is 2.24. The van der Waals surface area contributed by atoms with Gasteiger partial charge >= 0.3 is 11.9 Å². The van der Waals surface area contributed by atoms with E-state index in [4.69, 9.17) is 15.9 Å². The third kappa shape index (κ3) is 2.68. The van der Waals surface area contributed by atoms with E-state index in [0.717, 1.165) is 25.7 Å². The van der Waals surface area contributed by atoms with Crippen molar-refractivity contribution in [2.45, 2.75) is 44.1 Å². The van der Waals surface area contributed by atoms with Crippen LogP contribution in [0.25, 0.3) is 0 Å². The van der Waals surface area contributed by atoms with Crippen LogP contribution in [-0.4, -0.2) is 27.7 Å². The SMILES string of the molecule is NC(CCC(=O)O)(C(=O)O)C1CCCC1. The Hall–Kier alpha value is -1.10. The molecule has 0 saturated heterocycles. The van der Waals surface area contributed by atoms with Crippen molar-refractivity contribution in [1.29, 1.82) is 0 Å². The molecule has 1 unspecified atom stereocenters. The molecule has 0 bridgehead atoms. The molecule has 1 aliphatic carbocycles. The van der Waals surface area contributed by atoms with E-state index in [1.165, 1.54) is 0 Å². The Morgan fingerprint density at radius 1 is 1.27 bits per heavy atom. The highest BCUT2D eigenvalue weighted by atomic mass is 16.4. The fraction of sp³-hybridized carbons (Fsp3) is 0.800. The summed E-state index contributed by atoms with van der Waals surface area (Å²) in [4.78, 5) is 21.5. The van der Waals surface area contributed by atoms with E-state index in [9.17, 15) is 9.59 Å². The van der Waals surface area contributed by atoms with Crippen LogP contribution >= 0.6 is 0 Å². The minimum atomic E-state index is -1.35. The van der Waals surface area contributed by atoms with E-state index in [0.29, 0.717) is 0 Å². The monoisotopic (exact) mass is 215 g/mol. The molecule has 0 aromatic heterocycles. The first-order chi connectivity index (χ1) is 6.97. The first-order valence-electron chi connectivity index (χ1n) is 5.21. The molecule has 4 N–H and O–H groups in total. The number of aliphatic carboxylic acids is 2. The first-order valence-corrected chi connectivity index (χ1v) is 5.21. The predicted molar refractivity (Wildman–Crippen MR) is 53.4 cm³/mol. The quantitative estimate of drug-likeness (QED) is 0.630. The van der Waals surface area contributed by atoms with Gasteiger partial charge in [0.1, 0.15) is 5.54 Å². The molecule has 1 rings (SSSR count). The van der Waals surface area contributed by atoms with Crippen molar-refractivity contribution in [3.63, 3.8) is 0 Å². The molecule has 5 heteroatoms. The predicted octanol–water partition coefficient (Wildman–Crippen LogP) is 0.823. The normalized spacial score (nSPS) is 21.1. The molecule has 5 nitrogen and oxygen atoms in total. The minimum Gasteiger partial charge on any atom is -0.481 e. The van der Waals surface area contributed by atoms with Crippen LogP contribution in [0, 0.1) is 5.92 Å². The van der Waals surface area contributed by atoms with Crippen molar-refractivity contribution in [2.75, 3.05) is 0 Å². The highest BCUT2D eigenvalue weighted by Crippen LogP contribution is 2.35. The maximum atomic E-state index is 11.1. The van der Waals surface area contributed by atoms with Crippen molar-refractivity contribution in [3.05, 3.63) is 0 Å². The second kappa shape index (κ2) is 4.61. The summed E-state index contributed by atoms with van der Waals surface area (Å²) >= 11 is 0. The lowest BCUT2D eigenvalue weighted by Gasteiger charge is -2.30. The van der Waals surface area contributed by atoms with E-state index in [1.54, 1.807) is 0 Å². The number of carbonyl (C=O) groups is 2. The zero-order valence-electron chi connectivity index (χ0n) is 8.61. The molecular formula is C10H17NO4. The average Bonchev–Trinajstić information content (AvgIpc) is 2.66. The van der Waals surface area contributed by atoms with Crippen LogP contribution in [0.5, 0.6) is 0 Å². The van der Waals surface area contributed by atoms with Crippen molar-refractivity contribution in [1.82, 2.24) is 0 Å². The van der Waals surface area contributed by atoms with Gasteiger partial charge < -0.3 is 15.9 Å². The van der Waals surface area contributed by atoms with Gasteiger partial charge in [-0.15, -0.1) is 0 Å². The van der Waals surface area contributed by atoms with Gasteiger partial charge in [-0.05, 0) is 25.2 Å². The zero-order valence-corrected chi connectivity index (χ0v) is 8.61. The number of rotatable bonds is 5. The molecule has 86 valence electrons. The lowest BCUT2D eigenvalue weighted by molar-refractivity contribution is -0.146. The number of hydrogen-bond donors (Lipinski definition) is 3. The molecule has 0 spiro atoms. The molecule has 0 aromatic carbocycles. The second-order valence-electron chi connectivity index (χ2n) is 4.22. The van der Waals surface area contributed by atoms with Crippen LogP contribution in [0.2, 0.25) is 0 Å². The Kier molecular flexibility index (Phi) is 3.68. The standard InChI is InChI=1S/C10H17NO4/c11-10(9(14)15,6-5-8(12)13)7-3-1-2-4-7/h7H,1-6,11H2,(H,12,13)(H,14,15). The molecule has 0 heterocycles. The average molecular weight is 215 g/mol. The van der Waals surface area contributed by atoms with E-state index in [2.05, 4.69) is 0 Å². The Morgan fingerprint density at radius 2 is 1.80 bits per heavy atom. The van der Waals surface area contributed by atoms with Gasteiger partial charge in [0.05, 0.1) is 0 Å². The van der Waals surface area contributed by atoms with Crippen molar-refractivity contribution in [3.8, 4) is 0 Å². The van der Waals surface area contributed by atoms with Crippen molar-refractivity contribution < 1.29 is 19.8 Å². The summed E-state index contributed by atoms with van der Waals surface area (Å²) in [6, 6.07) is 0. The van der Waals surface area contributed by atoms with Crippen LogP contribution in [0.3, 0.4) is 0 Å². The van der Waals surface area contributed by atoms with E-state index in [-0.39, 0.29) is 18.8 Å². The van der Waals surface area contributed by atoms with E-state index < -0.39 is 17.5 Å².